The molecular weight excluding hydrogens is 296 g/mol. The Labute approximate surface area is 89.7 Å². The first-order chi connectivity index (χ1) is 6.01. The largest absolute Gasteiger partial charge is 0.389 e. The highest BCUT2D eigenvalue weighted by Crippen LogP contribution is 2.35. The fraction of sp³-hybridized carbons (Fsp3) is 1.00. The normalized spacial score (nSPS) is 30.5. The summed E-state index contributed by atoms with van der Waals surface area (Å²) in [4.78, 5) is 0. The Kier molecular flexibility index (Phi) is 4.28. The zero-order chi connectivity index (χ0) is 9.90. The smallest absolute Gasteiger partial charge is 0.312 e. The minimum absolute atomic E-state index is 0.0294. The predicted octanol–water partition coefficient (Wildman–Crippen LogP) is 3.86. The molecule has 0 aliphatic heterocycles. The van der Waals surface area contributed by atoms with Crippen LogP contribution in [-0.4, -0.2) is 12.3 Å². The molecule has 13 heavy (non-hydrogen) atoms. The Morgan fingerprint density at radius 2 is 2.00 bits per heavy atom. The highest BCUT2D eigenvalue weighted by molar-refractivity contribution is 14.1. The summed E-state index contributed by atoms with van der Waals surface area (Å²) in [5.74, 6) is -0.228. The quantitative estimate of drug-likeness (QED) is 0.704. The summed E-state index contributed by atoms with van der Waals surface area (Å²) in [6.07, 6.45) is -1.63. The van der Waals surface area contributed by atoms with Crippen molar-refractivity contribution in [1.82, 2.24) is 0 Å². The standard InChI is InChI=1S/C8H12F3IO/c9-8(10,11)5-6-2-1-3-7(4-6)13-12/h6-7H,1-5H2. The lowest BCUT2D eigenvalue weighted by molar-refractivity contribution is -0.148. The van der Waals surface area contributed by atoms with Crippen LogP contribution in [-0.2, 0) is 3.07 Å². The maximum absolute atomic E-state index is 12.0. The van der Waals surface area contributed by atoms with E-state index in [1.165, 1.54) is 0 Å². The summed E-state index contributed by atoms with van der Waals surface area (Å²) in [5, 5.41) is 0. The SMILES string of the molecule is FC(F)(F)CC1CCCC(OI)C1. The molecule has 0 heterocycles. The summed E-state index contributed by atoms with van der Waals surface area (Å²) in [6.45, 7) is 0. The summed E-state index contributed by atoms with van der Waals surface area (Å²) in [5.41, 5.74) is 0. The first kappa shape index (κ1) is 11.6. The van der Waals surface area contributed by atoms with Crippen molar-refractivity contribution in [2.75, 3.05) is 0 Å². The van der Waals surface area contributed by atoms with Gasteiger partial charge in [0.25, 0.3) is 0 Å². The molecule has 1 saturated carbocycles. The number of rotatable bonds is 2. The molecule has 1 aliphatic rings. The van der Waals surface area contributed by atoms with Crippen LogP contribution in [0.1, 0.15) is 32.1 Å². The third-order valence-electron chi connectivity index (χ3n) is 2.38. The van der Waals surface area contributed by atoms with Crippen molar-refractivity contribution in [2.45, 2.75) is 44.4 Å². The zero-order valence-corrected chi connectivity index (χ0v) is 9.27. The lowest BCUT2D eigenvalue weighted by atomic mass is 9.85. The lowest BCUT2D eigenvalue weighted by Gasteiger charge is -2.27. The molecule has 0 N–H and O–H groups in total. The van der Waals surface area contributed by atoms with Crippen LogP contribution in [0.5, 0.6) is 0 Å². The molecule has 0 aromatic carbocycles. The minimum Gasteiger partial charge on any atom is -0.312 e. The van der Waals surface area contributed by atoms with Gasteiger partial charge in [0.05, 0.1) is 6.10 Å². The monoisotopic (exact) mass is 308 g/mol. The van der Waals surface area contributed by atoms with Crippen LogP contribution in [0.15, 0.2) is 0 Å². The number of hydrogen-bond acceptors (Lipinski definition) is 1. The van der Waals surface area contributed by atoms with Gasteiger partial charge in [0.2, 0.25) is 0 Å². The van der Waals surface area contributed by atoms with Gasteiger partial charge in [-0.05, 0) is 25.2 Å². The van der Waals surface area contributed by atoms with Crippen LogP contribution in [0.25, 0.3) is 0 Å². The van der Waals surface area contributed by atoms with Gasteiger partial charge in [0.15, 0.2) is 0 Å². The fourth-order valence-electron chi connectivity index (χ4n) is 1.84. The van der Waals surface area contributed by atoms with Crippen molar-refractivity contribution in [2.24, 2.45) is 5.92 Å². The van der Waals surface area contributed by atoms with E-state index >= 15 is 0 Å². The molecule has 1 nitrogen and oxygen atoms in total. The lowest BCUT2D eigenvalue weighted by Crippen LogP contribution is -2.24. The average molecular weight is 308 g/mol. The summed E-state index contributed by atoms with van der Waals surface area (Å²) in [6, 6.07) is 0. The predicted molar refractivity (Wildman–Crippen MR) is 51.5 cm³/mol. The maximum atomic E-state index is 12.0. The second-order valence-electron chi connectivity index (χ2n) is 3.56. The molecule has 2 unspecified atom stereocenters. The molecule has 1 rings (SSSR count). The number of halogens is 4. The number of hydrogen-bond donors (Lipinski definition) is 0. The third kappa shape index (κ3) is 4.49. The molecule has 0 aromatic heterocycles. The van der Waals surface area contributed by atoms with E-state index in [4.69, 9.17) is 3.07 Å². The van der Waals surface area contributed by atoms with E-state index in [1.54, 1.807) is 23.0 Å². The van der Waals surface area contributed by atoms with Gasteiger partial charge in [-0.25, -0.2) is 0 Å². The average Bonchev–Trinajstić information content (AvgIpc) is 2.01. The summed E-state index contributed by atoms with van der Waals surface area (Å²) < 4.78 is 41.1. The molecule has 0 bridgehead atoms. The highest BCUT2D eigenvalue weighted by Gasteiger charge is 2.34. The van der Waals surface area contributed by atoms with Crippen molar-refractivity contribution < 1.29 is 16.2 Å². The molecule has 78 valence electrons. The second kappa shape index (κ2) is 4.82. The molecule has 0 aromatic rings. The molecule has 2 atom stereocenters. The van der Waals surface area contributed by atoms with E-state index in [-0.39, 0.29) is 12.0 Å². The molecule has 1 fully saturated rings. The minimum atomic E-state index is -4.02. The Morgan fingerprint density at radius 3 is 2.54 bits per heavy atom. The molecule has 5 heteroatoms. The molecular formula is C8H12F3IO. The van der Waals surface area contributed by atoms with Gasteiger partial charge in [0.1, 0.15) is 23.0 Å². The van der Waals surface area contributed by atoms with Crippen LogP contribution in [0.3, 0.4) is 0 Å². The van der Waals surface area contributed by atoms with Crippen LogP contribution in [0, 0.1) is 5.92 Å². The van der Waals surface area contributed by atoms with Gasteiger partial charge >= 0.3 is 6.18 Å². The molecule has 0 spiro atoms. The van der Waals surface area contributed by atoms with E-state index < -0.39 is 12.6 Å². The maximum Gasteiger partial charge on any atom is 0.389 e. The van der Waals surface area contributed by atoms with E-state index in [0.717, 1.165) is 12.8 Å². The van der Waals surface area contributed by atoms with Gasteiger partial charge in [-0.15, -0.1) is 0 Å². The number of alkyl halides is 3. The second-order valence-corrected chi connectivity index (χ2v) is 4.07. The van der Waals surface area contributed by atoms with E-state index in [0.29, 0.717) is 12.8 Å². The van der Waals surface area contributed by atoms with E-state index in [9.17, 15) is 13.2 Å². The van der Waals surface area contributed by atoms with Crippen molar-refractivity contribution in [3.8, 4) is 0 Å². The highest BCUT2D eigenvalue weighted by atomic mass is 127. The van der Waals surface area contributed by atoms with Crippen molar-refractivity contribution >= 4 is 23.0 Å². The first-order valence-corrected chi connectivity index (χ1v) is 5.23. The van der Waals surface area contributed by atoms with Crippen LogP contribution >= 0.6 is 23.0 Å². The Hall–Kier alpha value is 0.480. The van der Waals surface area contributed by atoms with Crippen LogP contribution < -0.4 is 0 Å². The molecule has 0 saturated heterocycles. The van der Waals surface area contributed by atoms with Gasteiger partial charge in [-0.3, -0.25) is 0 Å². The van der Waals surface area contributed by atoms with Crippen LogP contribution in [0.2, 0.25) is 0 Å². The summed E-state index contributed by atoms with van der Waals surface area (Å²) in [7, 11) is 0. The zero-order valence-electron chi connectivity index (χ0n) is 7.11. The van der Waals surface area contributed by atoms with Gasteiger partial charge in [-0.2, -0.15) is 13.2 Å². The van der Waals surface area contributed by atoms with E-state index in [2.05, 4.69) is 0 Å². The van der Waals surface area contributed by atoms with E-state index in [1.807, 2.05) is 0 Å². The van der Waals surface area contributed by atoms with Gasteiger partial charge < -0.3 is 3.07 Å². The molecule has 0 radical (unpaired) electrons. The van der Waals surface area contributed by atoms with Crippen molar-refractivity contribution in [3.63, 3.8) is 0 Å². The summed E-state index contributed by atoms with van der Waals surface area (Å²) >= 11 is 1.77. The van der Waals surface area contributed by atoms with Gasteiger partial charge in [0, 0.05) is 6.42 Å². The Morgan fingerprint density at radius 1 is 1.31 bits per heavy atom. The Balaban J connectivity index is 2.34. The topological polar surface area (TPSA) is 9.23 Å². The van der Waals surface area contributed by atoms with Gasteiger partial charge in [-0.1, -0.05) is 6.42 Å². The Bertz CT molecular complexity index is 160. The van der Waals surface area contributed by atoms with Crippen LogP contribution in [0.4, 0.5) is 13.2 Å². The third-order valence-corrected chi connectivity index (χ3v) is 3.10. The van der Waals surface area contributed by atoms with Crippen molar-refractivity contribution in [1.29, 1.82) is 0 Å². The van der Waals surface area contributed by atoms with Crippen molar-refractivity contribution in [3.05, 3.63) is 0 Å². The molecule has 1 aliphatic carbocycles. The molecule has 0 amide bonds. The first-order valence-electron chi connectivity index (χ1n) is 4.35. The fourth-order valence-corrected chi connectivity index (χ4v) is 2.30.